The van der Waals surface area contributed by atoms with Crippen LogP contribution < -0.4 is 10.0 Å². The van der Waals surface area contributed by atoms with Gasteiger partial charge in [-0.25, -0.2) is 13.1 Å². The molecule has 0 bridgehead atoms. The number of benzene rings is 2. The lowest BCUT2D eigenvalue weighted by molar-refractivity contribution is -0.120. The maximum atomic E-state index is 12.4. The smallest absolute Gasteiger partial charge is 0.241 e. The zero-order chi connectivity index (χ0) is 18.6. The molecule has 2 aromatic carbocycles. The Morgan fingerprint density at radius 2 is 1.81 bits per heavy atom. The average Bonchev–Trinajstić information content (AvgIpc) is 2.64. The fourth-order valence-corrected chi connectivity index (χ4v) is 4.28. The van der Waals surface area contributed by atoms with Gasteiger partial charge in [-0.3, -0.25) is 4.79 Å². The number of sulfonamides is 1. The van der Waals surface area contributed by atoms with Crippen LogP contribution in [0.3, 0.4) is 0 Å². The summed E-state index contributed by atoms with van der Waals surface area (Å²) in [5.41, 5.74) is 3.15. The molecule has 1 aliphatic carbocycles. The minimum atomic E-state index is -3.71. The van der Waals surface area contributed by atoms with E-state index >= 15 is 0 Å². The van der Waals surface area contributed by atoms with Gasteiger partial charge in [0.1, 0.15) is 0 Å². The van der Waals surface area contributed by atoms with Gasteiger partial charge in [-0.1, -0.05) is 29.8 Å². The van der Waals surface area contributed by atoms with Gasteiger partial charge in [-0.2, -0.15) is 0 Å². The first-order valence-electron chi connectivity index (χ1n) is 8.57. The molecular formula is C19H21ClN2O3S. The third-order valence-corrected chi connectivity index (χ3v) is 6.07. The van der Waals surface area contributed by atoms with Crippen LogP contribution in [-0.4, -0.2) is 20.9 Å². The van der Waals surface area contributed by atoms with Gasteiger partial charge in [-0.15, -0.1) is 0 Å². The Bertz CT molecular complexity index is 913. The zero-order valence-corrected chi connectivity index (χ0v) is 15.9. The van der Waals surface area contributed by atoms with E-state index in [9.17, 15) is 13.2 Å². The topological polar surface area (TPSA) is 75.3 Å². The second-order valence-corrected chi connectivity index (χ2v) is 8.57. The maximum Gasteiger partial charge on any atom is 0.241 e. The molecule has 0 spiro atoms. The molecule has 0 radical (unpaired) electrons. The number of hydrogen-bond donors (Lipinski definition) is 2. The highest BCUT2D eigenvalue weighted by atomic mass is 35.5. The molecule has 7 heteroatoms. The van der Waals surface area contributed by atoms with E-state index in [2.05, 4.69) is 10.0 Å². The molecule has 2 aromatic rings. The van der Waals surface area contributed by atoms with Gasteiger partial charge in [0.25, 0.3) is 0 Å². The van der Waals surface area contributed by atoms with E-state index in [-0.39, 0.29) is 11.4 Å². The van der Waals surface area contributed by atoms with Gasteiger partial charge in [0, 0.05) is 11.6 Å². The van der Waals surface area contributed by atoms with Crippen molar-refractivity contribution >= 4 is 27.5 Å². The molecule has 3 rings (SSSR count). The van der Waals surface area contributed by atoms with E-state index in [1.807, 2.05) is 12.1 Å². The number of aryl methyl sites for hydroxylation is 2. The van der Waals surface area contributed by atoms with Crippen molar-refractivity contribution < 1.29 is 13.2 Å². The van der Waals surface area contributed by atoms with Crippen LogP contribution in [0.1, 0.15) is 29.5 Å². The summed E-state index contributed by atoms with van der Waals surface area (Å²) < 4.78 is 27.2. The molecule has 0 aromatic heterocycles. The minimum Gasteiger partial charge on any atom is -0.351 e. The Labute approximate surface area is 158 Å². The first kappa shape index (κ1) is 18.9. The van der Waals surface area contributed by atoms with E-state index < -0.39 is 15.9 Å². The largest absolute Gasteiger partial charge is 0.351 e. The van der Waals surface area contributed by atoms with Crippen LogP contribution in [0.15, 0.2) is 47.4 Å². The van der Waals surface area contributed by atoms with Crippen molar-refractivity contribution in [3.05, 3.63) is 64.2 Å². The summed E-state index contributed by atoms with van der Waals surface area (Å²) in [5.74, 6) is -0.397. The molecule has 1 aliphatic rings. The molecule has 1 amide bonds. The molecule has 138 valence electrons. The molecular weight excluding hydrogens is 372 g/mol. The number of amides is 1. The number of halogens is 1. The first-order valence-corrected chi connectivity index (χ1v) is 10.4. The van der Waals surface area contributed by atoms with Crippen LogP contribution in [0.4, 0.5) is 0 Å². The van der Waals surface area contributed by atoms with Crippen LogP contribution in [0.5, 0.6) is 0 Å². The lowest BCUT2D eigenvalue weighted by atomic mass is 9.92. The first-order chi connectivity index (χ1) is 12.4. The highest BCUT2D eigenvalue weighted by Gasteiger charge is 2.18. The van der Waals surface area contributed by atoms with Crippen molar-refractivity contribution in [2.45, 2.75) is 37.1 Å². The Hall–Kier alpha value is -1.89. The van der Waals surface area contributed by atoms with Crippen molar-refractivity contribution in [1.82, 2.24) is 10.0 Å². The minimum absolute atomic E-state index is 0.209. The number of carbonyl (C=O) groups excluding carboxylic acids is 1. The quantitative estimate of drug-likeness (QED) is 0.793. The normalized spacial score (nSPS) is 13.9. The second kappa shape index (κ2) is 8.20. The van der Waals surface area contributed by atoms with E-state index in [4.69, 9.17) is 11.6 Å². The monoisotopic (exact) mass is 392 g/mol. The molecule has 0 aliphatic heterocycles. The zero-order valence-electron chi connectivity index (χ0n) is 14.3. The third kappa shape index (κ3) is 4.84. The summed E-state index contributed by atoms with van der Waals surface area (Å²) >= 11 is 5.90. The highest BCUT2D eigenvalue weighted by Crippen LogP contribution is 2.23. The Kier molecular flexibility index (Phi) is 5.96. The number of nitrogens with one attached hydrogen (secondary N) is 2. The second-order valence-electron chi connectivity index (χ2n) is 6.37. The number of rotatable bonds is 6. The summed E-state index contributed by atoms with van der Waals surface area (Å²) in [6.45, 7) is -0.0139. The van der Waals surface area contributed by atoms with Crippen LogP contribution in [0, 0.1) is 0 Å². The van der Waals surface area contributed by atoms with Gasteiger partial charge < -0.3 is 5.32 Å². The Morgan fingerprint density at radius 3 is 2.58 bits per heavy atom. The lowest BCUT2D eigenvalue weighted by Crippen LogP contribution is -2.36. The Morgan fingerprint density at radius 1 is 1.04 bits per heavy atom. The lowest BCUT2D eigenvalue weighted by Gasteiger charge is -2.16. The molecule has 0 unspecified atom stereocenters. The number of hydrogen-bond acceptors (Lipinski definition) is 3. The fraction of sp³-hybridized carbons (Fsp3) is 0.316. The van der Waals surface area contributed by atoms with E-state index in [1.54, 1.807) is 30.3 Å². The highest BCUT2D eigenvalue weighted by molar-refractivity contribution is 7.89. The van der Waals surface area contributed by atoms with Crippen molar-refractivity contribution in [3.8, 4) is 0 Å². The third-order valence-electron chi connectivity index (χ3n) is 4.43. The van der Waals surface area contributed by atoms with Crippen molar-refractivity contribution in [1.29, 1.82) is 0 Å². The van der Waals surface area contributed by atoms with E-state index in [0.717, 1.165) is 36.8 Å². The van der Waals surface area contributed by atoms with E-state index in [1.165, 1.54) is 5.56 Å². The number of fused-ring (bicyclic) bond motifs is 1. The predicted molar refractivity (Wildman–Crippen MR) is 102 cm³/mol. The van der Waals surface area contributed by atoms with Gasteiger partial charge in [0.2, 0.25) is 15.9 Å². The van der Waals surface area contributed by atoms with Crippen molar-refractivity contribution in [3.63, 3.8) is 0 Å². The van der Waals surface area contributed by atoms with Crippen molar-refractivity contribution in [2.24, 2.45) is 0 Å². The molecule has 0 fully saturated rings. The fourth-order valence-electron chi connectivity index (χ4n) is 3.03. The summed E-state index contributed by atoms with van der Waals surface area (Å²) in [6, 6.07) is 12.3. The summed E-state index contributed by atoms with van der Waals surface area (Å²) in [5, 5.41) is 3.26. The molecule has 2 N–H and O–H groups in total. The maximum absolute atomic E-state index is 12.4. The molecule has 0 heterocycles. The molecule has 0 saturated heterocycles. The molecule has 0 saturated carbocycles. The van der Waals surface area contributed by atoms with Gasteiger partial charge in [0.15, 0.2) is 0 Å². The van der Waals surface area contributed by atoms with Gasteiger partial charge in [-0.05, 0) is 66.6 Å². The van der Waals surface area contributed by atoms with Crippen LogP contribution >= 0.6 is 11.6 Å². The summed E-state index contributed by atoms with van der Waals surface area (Å²) in [4.78, 5) is 12.1. The van der Waals surface area contributed by atoms with Crippen LogP contribution in [0.2, 0.25) is 5.02 Å². The molecule has 26 heavy (non-hydrogen) atoms. The predicted octanol–water partition coefficient (Wildman–Crippen LogP) is 2.81. The van der Waals surface area contributed by atoms with Crippen molar-refractivity contribution in [2.75, 3.05) is 6.54 Å². The summed E-state index contributed by atoms with van der Waals surface area (Å²) in [7, 11) is -3.71. The Balaban J connectivity index is 1.57. The summed E-state index contributed by atoms with van der Waals surface area (Å²) in [6.07, 6.45) is 4.12. The van der Waals surface area contributed by atoms with Gasteiger partial charge in [0.05, 0.1) is 11.4 Å². The SMILES string of the molecule is O=C(CNS(=O)(=O)c1ccc2c(c1)CCCC2)NCc1cccc(Cl)c1. The van der Waals surface area contributed by atoms with Crippen LogP contribution in [0.25, 0.3) is 0 Å². The molecule has 5 nitrogen and oxygen atoms in total. The van der Waals surface area contributed by atoms with E-state index in [0.29, 0.717) is 11.6 Å². The van der Waals surface area contributed by atoms with Crippen LogP contribution in [-0.2, 0) is 34.2 Å². The van der Waals surface area contributed by atoms with Gasteiger partial charge >= 0.3 is 0 Å². The number of carbonyl (C=O) groups is 1. The standard InChI is InChI=1S/C19H21ClN2O3S/c20-17-7-3-4-14(10-17)12-21-19(23)13-22-26(24,25)18-9-8-15-5-1-2-6-16(15)11-18/h3-4,7-11,22H,1-2,5-6,12-13H2,(H,21,23). The average molecular weight is 393 g/mol. The molecule has 0 atom stereocenters.